The molecule has 1 atom stereocenters. The zero-order chi connectivity index (χ0) is 12.3. The largest absolute Gasteiger partial charge is 0.363 e. The van der Waals surface area contributed by atoms with E-state index in [1.807, 2.05) is 31.8 Å². The van der Waals surface area contributed by atoms with Crippen molar-refractivity contribution < 1.29 is 0 Å². The first-order valence-corrected chi connectivity index (χ1v) is 7.33. The molecular weight excluding hydrogens is 232 g/mol. The molecule has 1 aliphatic heterocycles. The van der Waals surface area contributed by atoms with Gasteiger partial charge in [-0.1, -0.05) is 0 Å². The molecule has 0 saturated carbocycles. The number of nitrogens with one attached hydrogen (secondary N) is 2. The fraction of sp³-hybridized carbons (Fsp3) is 0.615. The number of hydrogen-bond donors (Lipinski definition) is 2. The Morgan fingerprint density at radius 3 is 3.06 bits per heavy atom. The number of thioether (sulfide) groups is 1. The first-order valence-electron chi connectivity index (χ1n) is 6.17. The highest BCUT2D eigenvalue weighted by molar-refractivity contribution is 7.99. The van der Waals surface area contributed by atoms with Crippen molar-refractivity contribution in [2.45, 2.75) is 39.3 Å². The molecule has 94 valence electrons. The molecule has 1 aromatic rings. The van der Waals surface area contributed by atoms with Gasteiger partial charge in [-0.3, -0.25) is 4.79 Å². The first kappa shape index (κ1) is 12.7. The van der Waals surface area contributed by atoms with E-state index in [2.05, 4.69) is 10.3 Å². The zero-order valence-corrected chi connectivity index (χ0v) is 11.3. The summed E-state index contributed by atoms with van der Waals surface area (Å²) in [7, 11) is 0. The van der Waals surface area contributed by atoms with Crippen molar-refractivity contribution >= 4 is 11.8 Å². The molecule has 0 bridgehead atoms. The highest BCUT2D eigenvalue weighted by Gasteiger charge is 2.13. The molecule has 0 unspecified atom stereocenters. The number of rotatable bonds is 3. The summed E-state index contributed by atoms with van der Waals surface area (Å²) in [6.07, 6.45) is 4.36. The molecular formula is C13H20N2OS. The van der Waals surface area contributed by atoms with E-state index in [-0.39, 0.29) is 5.43 Å². The Kier molecular flexibility index (Phi) is 4.29. The molecule has 2 heterocycles. The lowest BCUT2D eigenvalue weighted by molar-refractivity contribution is 0.502. The lowest BCUT2D eigenvalue weighted by Crippen LogP contribution is -2.34. The van der Waals surface area contributed by atoms with E-state index in [0.717, 1.165) is 23.4 Å². The number of H-pyrrole nitrogens is 1. The molecule has 0 aromatic carbocycles. The van der Waals surface area contributed by atoms with E-state index in [9.17, 15) is 4.79 Å². The molecule has 0 radical (unpaired) electrons. The summed E-state index contributed by atoms with van der Waals surface area (Å²) in [5.74, 6) is 2.48. The summed E-state index contributed by atoms with van der Waals surface area (Å²) < 4.78 is 0. The Bertz CT molecular complexity index is 436. The molecule has 1 saturated heterocycles. The van der Waals surface area contributed by atoms with Crippen LogP contribution in [0.5, 0.6) is 0 Å². The van der Waals surface area contributed by atoms with E-state index >= 15 is 0 Å². The molecule has 2 rings (SSSR count). The van der Waals surface area contributed by atoms with Crippen LogP contribution in [0.2, 0.25) is 0 Å². The van der Waals surface area contributed by atoms with Crippen LogP contribution >= 0.6 is 11.8 Å². The maximum atomic E-state index is 11.8. The Labute approximate surface area is 106 Å². The highest BCUT2D eigenvalue weighted by atomic mass is 32.2. The van der Waals surface area contributed by atoms with Crippen LogP contribution in [-0.4, -0.2) is 22.5 Å². The molecule has 1 aromatic heterocycles. The van der Waals surface area contributed by atoms with E-state index in [0.29, 0.717) is 6.04 Å². The van der Waals surface area contributed by atoms with Gasteiger partial charge in [0.05, 0.1) is 0 Å². The molecule has 0 amide bonds. The summed E-state index contributed by atoms with van der Waals surface area (Å²) in [5.41, 5.74) is 2.83. The Morgan fingerprint density at radius 2 is 2.35 bits per heavy atom. The smallest absolute Gasteiger partial charge is 0.187 e. The molecule has 0 spiro atoms. The number of hydrogen-bond acceptors (Lipinski definition) is 3. The molecule has 2 N–H and O–H groups in total. The third kappa shape index (κ3) is 3.13. The van der Waals surface area contributed by atoms with Gasteiger partial charge in [-0.25, -0.2) is 0 Å². The van der Waals surface area contributed by atoms with Crippen molar-refractivity contribution in [3.63, 3.8) is 0 Å². The van der Waals surface area contributed by atoms with Gasteiger partial charge in [0.25, 0.3) is 0 Å². The zero-order valence-electron chi connectivity index (χ0n) is 10.5. The van der Waals surface area contributed by atoms with Gasteiger partial charge in [-0.2, -0.15) is 11.8 Å². The van der Waals surface area contributed by atoms with E-state index < -0.39 is 0 Å². The molecule has 3 nitrogen and oxygen atoms in total. The van der Waals surface area contributed by atoms with Crippen LogP contribution in [0.15, 0.2) is 11.0 Å². The van der Waals surface area contributed by atoms with Crippen molar-refractivity contribution in [1.29, 1.82) is 0 Å². The fourth-order valence-electron chi connectivity index (χ4n) is 2.13. The van der Waals surface area contributed by atoms with Gasteiger partial charge in [-0.05, 0) is 32.4 Å². The van der Waals surface area contributed by atoms with Crippen LogP contribution < -0.4 is 10.7 Å². The SMILES string of the molecule is Cc1c[nH]c(CN[C@H]2CCCSC2)c(C)c1=O. The summed E-state index contributed by atoms with van der Waals surface area (Å²) in [6, 6.07) is 0.595. The Morgan fingerprint density at radius 1 is 1.53 bits per heavy atom. The second-order valence-corrected chi connectivity index (χ2v) is 5.85. The minimum Gasteiger partial charge on any atom is -0.363 e. The molecule has 0 aliphatic carbocycles. The number of aryl methyl sites for hydroxylation is 1. The molecule has 17 heavy (non-hydrogen) atoms. The molecule has 1 aliphatic rings. The van der Waals surface area contributed by atoms with E-state index in [4.69, 9.17) is 0 Å². The minimum absolute atomic E-state index is 0.165. The normalized spacial score (nSPS) is 20.5. The van der Waals surface area contributed by atoms with Gasteiger partial charge in [-0.15, -0.1) is 0 Å². The van der Waals surface area contributed by atoms with Gasteiger partial charge in [0.2, 0.25) is 0 Å². The van der Waals surface area contributed by atoms with Crippen LogP contribution in [0.25, 0.3) is 0 Å². The first-order chi connectivity index (χ1) is 8.18. The highest BCUT2D eigenvalue weighted by Crippen LogP contribution is 2.17. The van der Waals surface area contributed by atoms with Crippen molar-refractivity contribution in [3.8, 4) is 0 Å². The van der Waals surface area contributed by atoms with Crippen molar-refractivity contribution in [1.82, 2.24) is 10.3 Å². The van der Waals surface area contributed by atoms with Crippen molar-refractivity contribution in [2.75, 3.05) is 11.5 Å². The summed E-state index contributed by atoms with van der Waals surface area (Å²) in [6.45, 7) is 4.52. The van der Waals surface area contributed by atoms with Crippen LogP contribution in [0.3, 0.4) is 0 Å². The van der Waals surface area contributed by atoms with Gasteiger partial charge < -0.3 is 10.3 Å². The monoisotopic (exact) mass is 252 g/mol. The topological polar surface area (TPSA) is 44.9 Å². The third-order valence-electron chi connectivity index (χ3n) is 3.34. The second-order valence-electron chi connectivity index (χ2n) is 4.70. The quantitative estimate of drug-likeness (QED) is 0.864. The summed E-state index contributed by atoms with van der Waals surface area (Å²) in [5, 5.41) is 3.53. The van der Waals surface area contributed by atoms with Crippen LogP contribution in [0.4, 0.5) is 0 Å². The lowest BCUT2D eigenvalue weighted by Gasteiger charge is -2.22. The summed E-state index contributed by atoms with van der Waals surface area (Å²) >= 11 is 2.01. The van der Waals surface area contributed by atoms with Crippen molar-refractivity contribution in [3.05, 3.63) is 33.2 Å². The van der Waals surface area contributed by atoms with Crippen LogP contribution in [0, 0.1) is 13.8 Å². The number of aromatic amines is 1. The maximum absolute atomic E-state index is 11.8. The standard InChI is InChI=1S/C13H20N2OS/c1-9-6-15-12(10(2)13(9)16)7-14-11-4-3-5-17-8-11/h6,11,14H,3-5,7-8H2,1-2H3,(H,15,16)/t11-/m0/s1. The number of aromatic nitrogens is 1. The second kappa shape index (κ2) is 5.74. The average Bonchev–Trinajstić information content (AvgIpc) is 2.36. The predicted octanol–water partition coefficient (Wildman–Crippen LogP) is 1.98. The van der Waals surface area contributed by atoms with Gasteiger partial charge >= 0.3 is 0 Å². The lowest BCUT2D eigenvalue weighted by atomic mass is 10.1. The van der Waals surface area contributed by atoms with Crippen molar-refractivity contribution in [2.24, 2.45) is 0 Å². The predicted molar refractivity (Wildman–Crippen MR) is 73.7 cm³/mol. The number of pyridine rings is 1. The molecule has 1 fully saturated rings. The fourth-order valence-corrected chi connectivity index (χ4v) is 3.24. The summed E-state index contributed by atoms with van der Waals surface area (Å²) in [4.78, 5) is 15.0. The average molecular weight is 252 g/mol. The van der Waals surface area contributed by atoms with Crippen LogP contribution in [-0.2, 0) is 6.54 Å². The van der Waals surface area contributed by atoms with E-state index in [1.165, 1.54) is 24.3 Å². The van der Waals surface area contributed by atoms with E-state index in [1.54, 1.807) is 0 Å². The molecule has 4 heteroatoms. The minimum atomic E-state index is 0.165. The van der Waals surface area contributed by atoms with Gasteiger partial charge in [0.1, 0.15) is 0 Å². The maximum Gasteiger partial charge on any atom is 0.187 e. The van der Waals surface area contributed by atoms with Gasteiger partial charge in [0.15, 0.2) is 5.43 Å². The Hall–Kier alpha value is -0.740. The Balaban J connectivity index is 1.99. The third-order valence-corrected chi connectivity index (χ3v) is 4.56. The van der Waals surface area contributed by atoms with Crippen LogP contribution in [0.1, 0.15) is 29.7 Å². The van der Waals surface area contributed by atoms with Gasteiger partial charge in [0, 0.05) is 41.4 Å².